The van der Waals surface area contributed by atoms with Crippen molar-refractivity contribution in [3.05, 3.63) is 49.9 Å². The maximum absolute atomic E-state index is 12.5. The fraction of sp³-hybridized carbons (Fsp3) is 0.250. The van der Waals surface area contributed by atoms with Crippen LogP contribution in [-0.4, -0.2) is 10.1 Å². The molecule has 0 fully saturated rings. The number of halogens is 4. The maximum Gasteiger partial charge on any atom is 0.443 e. The number of rotatable bonds is 2. The van der Waals surface area contributed by atoms with Gasteiger partial charge in [-0.2, -0.15) is 13.2 Å². The highest BCUT2D eigenvalue weighted by Crippen LogP contribution is 2.37. The van der Waals surface area contributed by atoms with Crippen LogP contribution in [0.3, 0.4) is 0 Å². The Morgan fingerprint density at radius 1 is 1.37 bits per heavy atom. The molecule has 1 aromatic carbocycles. The van der Waals surface area contributed by atoms with Crippen LogP contribution < -0.4 is 0 Å². The lowest BCUT2D eigenvalue weighted by molar-refractivity contribution is -0.137. The number of benzene rings is 1. The van der Waals surface area contributed by atoms with Gasteiger partial charge in [0.1, 0.15) is 6.10 Å². The molecule has 102 valence electrons. The van der Waals surface area contributed by atoms with Crippen LogP contribution in [0.15, 0.2) is 28.9 Å². The molecule has 1 N–H and O–H groups in total. The first-order chi connectivity index (χ1) is 8.80. The van der Waals surface area contributed by atoms with Gasteiger partial charge in [-0.1, -0.05) is 28.1 Å². The van der Waals surface area contributed by atoms with E-state index in [1.54, 1.807) is 25.1 Å². The van der Waals surface area contributed by atoms with Crippen molar-refractivity contribution in [2.24, 2.45) is 0 Å². The third kappa shape index (κ3) is 2.98. The molecule has 0 saturated carbocycles. The summed E-state index contributed by atoms with van der Waals surface area (Å²) in [5, 5.41) is 9.21. The monoisotopic (exact) mass is 351 g/mol. The minimum Gasteiger partial charge on any atom is -0.383 e. The molecular weight excluding hydrogens is 343 g/mol. The molecule has 1 aromatic heterocycles. The van der Waals surface area contributed by atoms with Gasteiger partial charge in [0, 0.05) is 10.7 Å². The Hall–Kier alpha value is -0.920. The summed E-state index contributed by atoms with van der Waals surface area (Å²) in [6.45, 7) is 1.79. The van der Waals surface area contributed by atoms with E-state index in [4.69, 9.17) is 0 Å². The predicted octanol–water partition coefficient (Wildman–Crippen LogP) is 4.31. The number of nitrogens with zero attached hydrogens (tertiary/aromatic N) is 1. The summed E-state index contributed by atoms with van der Waals surface area (Å²) < 4.78 is 38.2. The first-order valence-electron chi connectivity index (χ1n) is 5.26. The lowest BCUT2D eigenvalue weighted by atomic mass is 10.0. The van der Waals surface area contributed by atoms with E-state index in [1.165, 1.54) is 0 Å². The number of alkyl halides is 3. The third-order valence-corrected chi connectivity index (χ3v) is 4.59. The third-order valence-electron chi connectivity index (χ3n) is 2.64. The van der Waals surface area contributed by atoms with E-state index in [0.717, 1.165) is 16.2 Å². The number of hydrogen-bond acceptors (Lipinski definition) is 3. The maximum atomic E-state index is 12.5. The van der Waals surface area contributed by atoms with Crippen LogP contribution in [0.1, 0.15) is 27.1 Å². The zero-order valence-corrected chi connectivity index (χ0v) is 12.1. The van der Waals surface area contributed by atoms with Crippen LogP contribution in [0.4, 0.5) is 13.2 Å². The predicted molar refractivity (Wildman–Crippen MR) is 70.1 cm³/mol. The molecule has 0 aliphatic carbocycles. The molecule has 0 saturated heterocycles. The zero-order valence-electron chi connectivity index (χ0n) is 9.70. The topological polar surface area (TPSA) is 33.1 Å². The molecule has 0 radical (unpaired) electrons. The highest BCUT2D eigenvalue weighted by molar-refractivity contribution is 9.10. The molecular formula is C12H9BrF3NOS. The molecule has 0 bridgehead atoms. The first-order valence-corrected chi connectivity index (χ1v) is 6.87. The van der Waals surface area contributed by atoms with Gasteiger partial charge in [0.2, 0.25) is 0 Å². The summed E-state index contributed by atoms with van der Waals surface area (Å²) in [6.07, 6.45) is -4.51. The Morgan fingerprint density at radius 3 is 2.63 bits per heavy atom. The van der Waals surface area contributed by atoms with Crippen LogP contribution in [0.2, 0.25) is 0 Å². The Balaban J connectivity index is 2.37. The van der Waals surface area contributed by atoms with E-state index in [-0.39, 0.29) is 4.88 Å². The number of hydrogen-bond donors (Lipinski definition) is 1. The van der Waals surface area contributed by atoms with Crippen molar-refractivity contribution in [3.8, 4) is 0 Å². The lowest BCUT2D eigenvalue weighted by Crippen LogP contribution is -2.03. The highest BCUT2D eigenvalue weighted by Gasteiger charge is 2.35. The van der Waals surface area contributed by atoms with E-state index in [2.05, 4.69) is 20.9 Å². The average molecular weight is 352 g/mol. The smallest absolute Gasteiger partial charge is 0.383 e. The molecule has 1 unspecified atom stereocenters. The molecule has 0 amide bonds. The van der Waals surface area contributed by atoms with Gasteiger partial charge in [0.25, 0.3) is 0 Å². The number of aliphatic hydroxyl groups is 1. The van der Waals surface area contributed by atoms with Gasteiger partial charge in [0.05, 0.1) is 4.88 Å². The molecule has 2 nitrogen and oxygen atoms in total. The van der Waals surface area contributed by atoms with Crippen molar-refractivity contribution in [2.75, 3.05) is 0 Å². The van der Waals surface area contributed by atoms with Crippen molar-refractivity contribution in [1.82, 2.24) is 4.98 Å². The number of aromatic nitrogens is 1. The van der Waals surface area contributed by atoms with E-state index in [1.807, 2.05) is 0 Å². The van der Waals surface area contributed by atoms with E-state index >= 15 is 0 Å². The van der Waals surface area contributed by atoms with Crippen molar-refractivity contribution in [3.63, 3.8) is 0 Å². The van der Waals surface area contributed by atoms with Gasteiger partial charge in [-0.05, 0) is 24.1 Å². The molecule has 19 heavy (non-hydrogen) atoms. The molecule has 2 rings (SSSR count). The molecule has 1 heterocycles. The molecule has 0 spiro atoms. The summed E-state index contributed by atoms with van der Waals surface area (Å²) in [5.74, 6) is 0. The fourth-order valence-electron chi connectivity index (χ4n) is 1.62. The fourth-order valence-corrected chi connectivity index (χ4v) is 2.79. The second kappa shape index (κ2) is 5.22. The SMILES string of the molecule is Cc1c(Br)cccc1C(O)c1cnc(C(F)(F)F)s1. The van der Waals surface area contributed by atoms with Crippen molar-refractivity contribution >= 4 is 27.3 Å². The van der Waals surface area contributed by atoms with Crippen LogP contribution >= 0.6 is 27.3 Å². The van der Waals surface area contributed by atoms with E-state index < -0.39 is 17.3 Å². The molecule has 2 aromatic rings. The highest BCUT2D eigenvalue weighted by atomic mass is 79.9. The Kier molecular flexibility index (Phi) is 3.98. The Morgan fingerprint density at radius 2 is 2.05 bits per heavy atom. The Bertz CT molecular complexity index is 597. The average Bonchev–Trinajstić information content (AvgIpc) is 2.81. The van der Waals surface area contributed by atoms with Gasteiger partial charge in [-0.3, -0.25) is 0 Å². The minimum atomic E-state index is -4.48. The van der Waals surface area contributed by atoms with E-state index in [9.17, 15) is 18.3 Å². The second-order valence-corrected chi connectivity index (χ2v) is 5.84. The van der Waals surface area contributed by atoms with Crippen molar-refractivity contribution in [1.29, 1.82) is 0 Å². The normalized spacial score (nSPS) is 13.6. The standard InChI is InChI=1S/C12H9BrF3NOS/c1-6-7(3-2-4-8(6)13)10(18)9-5-17-11(19-9)12(14,15)16/h2-5,10,18H,1H3. The van der Waals surface area contributed by atoms with Gasteiger partial charge in [-0.15, -0.1) is 11.3 Å². The minimum absolute atomic E-state index is 0.175. The number of thiazole rings is 1. The summed E-state index contributed by atoms with van der Waals surface area (Å²) >= 11 is 3.78. The quantitative estimate of drug-likeness (QED) is 0.874. The van der Waals surface area contributed by atoms with Crippen LogP contribution in [-0.2, 0) is 6.18 Å². The molecule has 0 aliphatic rings. The summed E-state index contributed by atoms with van der Waals surface area (Å²) in [7, 11) is 0. The summed E-state index contributed by atoms with van der Waals surface area (Å²) in [6, 6.07) is 5.21. The first kappa shape index (κ1) is 14.5. The van der Waals surface area contributed by atoms with Gasteiger partial charge in [0.15, 0.2) is 5.01 Å². The van der Waals surface area contributed by atoms with Gasteiger partial charge in [-0.25, -0.2) is 4.98 Å². The van der Waals surface area contributed by atoms with Crippen LogP contribution in [0, 0.1) is 6.92 Å². The van der Waals surface area contributed by atoms with Gasteiger partial charge < -0.3 is 5.11 Å². The molecule has 7 heteroatoms. The lowest BCUT2D eigenvalue weighted by Gasteiger charge is -2.12. The summed E-state index contributed by atoms with van der Waals surface area (Å²) in [4.78, 5) is 3.48. The molecule has 1 atom stereocenters. The van der Waals surface area contributed by atoms with Crippen molar-refractivity contribution in [2.45, 2.75) is 19.2 Å². The second-order valence-electron chi connectivity index (χ2n) is 3.92. The Labute approximate surface area is 120 Å². The number of aliphatic hydroxyl groups excluding tert-OH is 1. The summed E-state index contributed by atoms with van der Waals surface area (Å²) in [5.41, 5.74) is 1.35. The largest absolute Gasteiger partial charge is 0.443 e. The zero-order chi connectivity index (χ0) is 14.2. The van der Waals surface area contributed by atoms with E-state index in [0.29, 0.717) is 16.9 Å². The van der Waals surface area contributed by atoms with Crippen LogP contribution in [0.5, 0.6) is 0 Å². The van der Waals surface area contributed by atoms with Crippen molar-refractivity contribution < 1.29 is 18.3 Å². The van der Waals surface area contributed by atoms with Gasteiger partial charge >= 0.3 is 6.18 Å². The van der Waals surface area contributed by atoms with Crippen LogP contribution in [0.25, 0.3) is 0 Å². The molecule has 0 aliphatic heterocycles.